The molecule has 0 radical (unpaired) electrons. The highest BCUT2D eigenvalue weighted by molar-refractivity contribution is 9.10. The lowest BCUT2D eigenvalue weighted by atomic mass is 9.92. The number of methoxy groups -OCH3 is 1. The normalized spacial score (nSPS) is 11.0. The van der Waals surface area contributed by atoms with Crippen molar-refractivity contribution in [3.63, 3.8) is 0 Å². The highest BCUT2D eigenvalue weighted by Crippen LogP contribution is 2.33. The van der Waals surface area contributed by atoms with Gasteiger partial charge in [0.05, 0.1) is 12.8 Å². The van der Waals surface area contributed by atoms with E-state index in [1.807, 2.05) is 0 Å². The first-order valence-electron chi connectivity index (χ1n) is 5.57. The van der Waals surface area contributed by atoms with Crippen LogP contribution in [-0.2, 0) is 9.59 Å². The first-order chi connectivity index (χ1) is 8.71. The van der Waals surface area contributed by atoms with Crippen molar-refractivity contribution in [2.75, 3.05) is 19.1 Å². The molecule has 0 aliphatic carbocycles. The van der Waals surface area contributed by atoms with Crippen molar-refractivity contribution in [1.29, 1.82) is 0 Å². The summed E-state index contributed by atoms with van der Waals surface area (Å²) in [7, 11) is 3.02. The van der Waals surface area contributed by atoms with E-state index in [2.05, 4.69) is 15.9 Å². The second-order valence-electron chi connectivity index (χ2n) is 4.61. The molecule has 0 saturated heterocycles. The number of amides is 1. The predicted octanol–water partition coefficient (Wildman–Crippen LogP) is 2.53. The summed E-state index contributed by atoms with van der Waals surface area (Å²) in [6, 6.07) is 5.19. The van der Waals surface area contributed by atoms with Gasteiger partial charge in [0.15, 0.2) is 0 Å². The summed E-state index contributed by atoms with van der Waals surface area (Å²) >= 11 is 3.31. The van der Waals surface area contributed by atoms with Gasteiger partial charge >= 0.3 is 5.97 Å². The van der Waals surface area contributed by atoms with Crippen molar-refractivity contribution in [2.24, 2.45) is 5.41 Å². The maximum absolute atomic E-state index is 12.3. The Kier molecular flexibility index (Phi) is 4.57. The van der Waals surface area contributed by atoms with Gasteiger partial charge in [-0.15, -0.1) is 0 Å². The van der Waals surface area contributed by atoms with Gasteiger partial charge in [0.2, 0.25) is 5.91 Å². The zero-order valence-electron chi connectivity index (χ0n) is 11.2. The molecule has 0 aliphatic rings. The van der Waals surface area contributed by atoms with Crippen molar-refractivity contribution in [1.82, 2.24) is 0 Å². The van der Waals surface area contributed by atoms with Crippen LogP contribution >= 0.6 is 15.9 Å². The zero-order chi connectivity index (χ0) is 14.8. The number of aliphatic carboxylic acids is 1. The third kappa shape index (κ3) is 3.07. The van der Waals surface area contributed by atoms with Crippen molar-refractivity contribution >= 4 is 33.5 Å². The lowest BCUT2D eigenvalue weighted by molar-refractivity contribution is -0.152. The van der Waals surface area contributed by atoms with E-state index in [4.69, 9.17) is 9.84 Å². The summed E-state index contributed by atoms with van der Waals surface area (Å²) in [6.45, 7) is 2.75. The van der Waals surface area contributed by atoms with E-state index in [9.17, 15) is 9.59 Å². The highest BCUT2D eigenvalue weighted by atomic mass is 79.9. The number of carbonyl (C=O) groups excluding carboxylic acids is 1. The van der Waals surface area contributed by atoms with Crippen LogP contribution in [0.15, 0.2) is 22.7 Å². The molecule has 1 aromatic rings. The van der Waals surface area contributed by atoms with Gasteiger partial charge in [-0.3, -0.25) is 9.59 Å². The molecule has 19 heavy (non-hydrogen) atoms. The van der Waals surface area contributed by atoms with Crippen LogP contribution in [-0.4, -0.2) is 31.1 Å². The van der Waals surface area contributed by atoms with Crippen LogP contribution in [0.5, 0.6) is 5.75 Å². The number of anilines is 1. The minimum Gasteiger partial charge on any atom is -0.495 e. The molecule has 6 heteroatoms. The number of hydrogen-bond acceptors (Lipinski definition) is 3. The average Bonchev–Trinajstić information content (AvgIpc) is 2.36. The Hall–Kier alpha value is -1.56. The Balaban J connectivity index is 3.20. The van der Waals surface area contributed by atoms with Crippen LogP contribution in [0.4, 0.5) is 5.69 Å². The lowest BCUT2D eigenvalue weighted by Crippen LogP contribution is -2.43. The fourth-order valence-electron chi connectivity index (χ4n) is 1.55. The third-order valence-electron chi connectivity index (χ3n) is 2.88. The molecule has 0 saturated carbocycles. The Morgan fingerprint density at radius 3 is 2.42 bits per heavy atom. The van der Waals surface area contributed by atoms with Crippen molar-refractivity contribution in [3.05, 3.63) is 22.7 Å². The fraction of sp³-hybridized carbons (Fsp3) is 0.385. The topological polar surface area (TPSA) is 66.8 Å². The van der Waals surface area contributed by atoms with Crippen LogP contribution in [0.25, 0.3) is 0 Å². The molecule has 104 valence electrons. The summed E-state index contributed by atoms with van der Waals surface area (Å²) in [5, 5.41) is 9.10. The Morgan fingerprint density at radius 1 is 1.37 bits per heavy atom. The Bertz CT molecular complexity index is 513. The summed E-state index contributed by atoms with van der Waals surface area (Å²) in [4.78, 5) is 24.7. The third-order valence-corrected chi connectivity index (χ3v) is 3.37. The molecule has 1 rings (SSSR count). The number of hydrogen-bond donors (Lipinski definition) is 1. The van der Waals surface area contributed by atoms with Crippen LogP contribution in [0, 0.1) is 5.41 Å². The molecule has 0 fully saturated rings. The van der Waals surface area contributed by atoms with Crippen molar-refractivity contribution in [2.45, 2.75) is 13.8 Å². The van der Waals surface area contributed by atoms with Crippen molar-refractivity contribution < 1.29 is 19.4 Å². The molecular weight excluding hydrogens is 314 g/mol. The monoisotopic (exact) mass is 329 g/mol. The molecule has 1 aromatic carbocycles. The van der Waals surface area contributed by atoms with Crippen LogP contribution in [0.2, 0.25) is 0 Å². The molecule has 0 aliphatic heterocycles. The first kappa shape index (κ1) is 15.5. The van der Waals surface area contributed by atoms with Crippen LogP contribution < -0.4 is 9.64 Å². The maximum atomic E-state index is 12.3. The summed E-state index contributed by atoms with van der Waals surface area (Å²) in [5.74, 6) is -1.19. The van der Waals surface area contributed by atoms with E-state index in [0.29, 0.717) is 11.4 Å². The maximum Gasteiger partial charge on any atom is 0.318 e. The highest BCUT2D eigenvalue weighted by Gasteiger charge is 2.39. The van der Waals surface area contributed by atoms with Gasteiger partial charge in [-0.1, -0.05) is 15.9 Å². The van der Waals surface area contributed by atoms with Crippen LogP contribution in [0.1, 0.15) is 13.8 Å². The van der Waals surface area contributed by atoms with E-state index >= 15 is 0 Å². The standard InChI is InChI=1S/C13H16BrNO4/c1-13(2,12(17)18)11(16)15(3)9-7-8(14)5-6-10(9)19-4/h5-7H,1-4H3,(H,17,18). The summed E-state index contributed by atoms with van der Waals surface area (Å²) < 4.78 is 5.96. The van der Waals surface area contributed by atoms with Gasteiger partial charge in [-0.25, -0.2) is 0 Å². The molecule has 5 nitrogen and oxygen atoms in total. The number of benzene rings is 1. The molecule has 0 heterocycles. The second kappa shape index (κ2) is 5.61. The van der Waals surface area contributed by atoms with Gasteiger partial charge in [0, 0.05) is 11.5 Å². The van der Waals surface area contributed by atoms with Gasteiger partial charge in [-0.2, -0.15) is 0 Å². The van der Waals surface area contributed by atoms with E-state index in [1.165, 1.54) is 32.9 Å². The van der Waals surface area contributed by atoms with E-state index in [0.717, 1.165) is 4.47 Å². The smallest absolute Gasteiger partial charge is 0.318 e. The molecule has 0 spiro atoms. The Morgan fingerprint density at radius 2 is 1.95 bits per heavy atom. The number of ether oxygens (including phenoxy) is 1. The van der Waals surface area contributed by atoms with Gasteiger partial charge in [-0.05, 0) is 32.0 Å². The predicted molar refractivity (Wildman–Crippen MR) is 75.5 cm³/mol. The largest absolute Gasteiger partial charge is 0.495 e. The van der Waals surface area contributed by atoms with Crippen LogP contribution in [0.3, 0.4) is 0 Å². The number of carbonyl (C=O) groups is 2. The molecular formula is C13H16BrNO4. The van der Waals surface area contributed by atoms with Gasteiger partial charge < -0.3 is 14.7 Å². The lowest BCUT2D eigenvalue weighted by Gasteiger charge is -2.27. The van der Waals surface area contributed by atoms with Gasteiger partial charge in [0.1, 0.15) is 11.2 Å². The SMILES string of the molecule is COc1ccc(Br)cc1N(C)C(=O)C(C)(C)C(=O)O. The summed E-state index contributed by atoms with van der Waals surface area (Å²) in [6.07, 6.45) is 0. The summed E-state index contributed by atoms with van der Waals surface area (Å²) in [5.41, 5.74) is -0.988. The van der Waals surface area contributed by atoms with E-state index in [1.54, 1.807) is 18.2 Å². The van der Waals surface area contributed by atoms with Gasteiger partial charge in [0.25, 0.3) is 0 Å². The quantitative estimate of drug-likeness (QED) is 0.862. The average molecular weight is 330 g/mol. The number of nitrogens with zero attached hydrogens (tertiary/aromatic N) is 1. The number of rotatable bonds is 4. The molecule has 0 unspecified atom stereocenters. The second-order valence-corrected chi connectivity index (χ2v) is 5.53. The van der Waals surface area contributed by atoms with E-state index in [-0.39, 0.29) is 0 Å². The minimum absolute atomic E-state index is 0.500. The molecule has 0 atom stereocenters. The molecule has 0 aromatic heterocycles. The van der Waals surface area contributed by atoms with E-state index < -0.39 is 17.3 Å². The number of carboxylic acid groups (broad SMARTS) is 1. The number of carboxylic acids is 1. The van der Waals surface area contributed by atoms with Crippen molar-refractivity contribution in [3.8, 4) is 5.75 Å². The minimum atomic E-state index is -1.50. The molecule has 1 amide bonds. The molecule has 1 N–H and O–H groups in total. The zero-order valence-corrected chi connectivity index (χ0v) is 12.8. The number of halogens is 1. The first-order valence-corrected chi connectivity index (χ1v) is 6.36. The molecule has 0 bridgehead atoms. The fourth-order valence-corrected chi connectivity index (χ4v) is 1.89. The Labute approximate surface area is 120 Å².